The molecule has 1 saturated carbocycles. The summed E-state index contributed by atoms with van der Waals surface area (Å²) in [5, 5.41) is 12.3. The number of nitrogens with zero attached hydrogens (tertiary/aromatic N) is 1. The highest BCUT2D eigenvalue weighted by molar-refractivity contribution is 5.98. The summed E-state index contributed by atoms with van der Waals surface area (Å²) in [6.07, 6.45) is 3.25. The minimum absolute atomic E-state index is 0.0187. The molecule has 0 spiro atoms. The highest BCUT2D eigenvalue weighted by Crippen LogP contribution is 2.54. The van der Waals surface area contributed by atoms with E-state index in [-0.39, 0.29) is 30.9 Å². The highest BCUT2D eigenvalue weighted by atomic mass is 16.5. The average molecular weight is 461 g/mol. The Hall–Kier alpha value is -3.61. The van der Waals surface area contributed by atoms with Gasteiger partial charge >= 0.3 is 12.1 Å². The van der Waals surface area contributed by atoms with Crippen molar-refractivity contribution in [2.75, 3.05) is 19.7 Å². The van der Waals surface area contributed by atoms with Crippen molar-refractivity contribution in [3.63, 3.8) is 0 Å². The number of rotatable bonds is 6. The number of nitrogens with one attached hydrogen (secondary N) is 1. The lowest BCUT2D eigenvalue weighted by Crippen LogP contribution is -2.51. The standard InChI is InChI=1S/C27H28N2O5/c1-17(24(30)29-14-6-7-18-15-27(18,29)25(31)32)12-13-28-26(33)34-16-23-21-10-4-2-8-19(21)20-9-3-5-11-22(20)23/h2-5,8-12,18,23H,6-7,13-16H2,1H3,(H,28,33)(H,31,32)/b17-12+/t18-,27+/m1/s1. The number of likely N-dealkylation sites (tertiary alicyclic amines) is 1. The topological polar surface area (TPSA) is 95.9 Å². The molecule has 2 N–H and O–H groups in total. The van der Waals surface area contributed by atoms with Crippen LogP contribution < -0.4 is 5.32 Å². The molecule has 2 amide bonds. The molecule has 1 heterocycles. The van der Waals surface area contributed by atoms with Crippen molar-refractivity contribution in [2.24, 2.45) is 5.92 Å². The van der Waals surface area contributed by atoms with E-state index in [2.05, 4.69) is 29.6 Å². The van der Waals surface area contributed by atoms with Crippen LogP contribution in [0.3, 0.4) is 0 Å². The van der Waals surface area contributed by atoms with Crippen LogP contribution in [0.25, 0.3) is 11.1 Å². The third kappa shape index (κ3) is 3.65. The van der Waals surface area contributed by atoms with Gasteiger partial charge in [0.25, 0.3) is 0 Å². The quantitative estimate of drug-likeness (QED) is 0.637. The summed E-state index contributed by atoms with van der Waals surface area (Å²) in [7, 11) is 0. The van der Waals surface area contributed by atoms with Crippen molar-refractivity contribution in [2.45, 2.75) is 37.6 Å². The summed E-state index contributed by atoms with van der Waals surface area (Å²) in [4.78, 5) is 38.6. The van der Waals surface area contributed by atoms with Crippen molar-refractivity contribution in [3.8, 4) is 11.1 Å². The Balaban J connectivity index is 1.17. The van der Waals surface area contributed by atoms with E-state index in [1.807, 2.05) is 24.3 Å². The second-order valence-corrected chi connectivity index (χ2v) is 9.32. The Bertz CT molecular complexity index is 1140. The van der Waals surface area contributed by atoms with E-state index >= 15 is 0 Å². The van der Waals surface area contributed by atoms with Crippen LogP contribution in [0.4, 0.5) is 4.79 Å². The van der Waals surface area contributed by atoms with Gasteiger partial charge in [0, 0.05) is 24.6 Å². The molecule has 7 heteroatoms. The molecular formula is C27H28N2O5. The van der Waals surface area contributed by atoms with E-state index < -0.39 is 17.6 Å². The Morgan fingerprint density at radius 2 is 1.76 bits per heavy atom. The van der Waals surface area contributed by atoms with Crippen LogP contribution in [0, 0.1) is 5.92 Å². The number of carbonyl (C=O) groups is 3. The number of benzene rings is 2. The SMILES string of the molecule is C/C(=C\CNC(=O)OCC1c2ccccc2-c2ccccc21)C(=O)N1CCC[C@@H]2C[C@@]21C(=O)O. The third-order valence-corrected chi connectivity index (χ3v) is 7.44. The Kier molecular flexibility index (Phi) is 5.63. The molecule has 7 nitrogen and oxygen atoms in total. The Labute approximate surface area is 198 Å². The van der Waals surface area contributed by atoms with Gasteiger partial charge in [0.05, 0.1) is 0 Å². The predicted octanol–water partition coefficient (Wildman–Crippen LogP) is 3.94. The lowest BCUT2D eigenvalue weighted by atomic mass is 9.98. The summed E-state index contributed by atoms with van der Waals surface area (Å²) in [6, 6.07) is 16.3. The molecule has 1 aliphatic heterocycles. The van der Waals surface area contributed by atoms with Gasteiger partial charge in [-0.2, -0.15) is 0 Å². The first kappa shape index (κ1) is 22.2. The maximum Gasteiger partial charge on any atom is 0.407 e. The molecule has 3 aliphatic rings. The summed E-state index contributed by atoms with van der Waals surface area (Å²) in [6.45, 7) is 2.46. The molecule has 1 saturated heterocycles. The summed E-state index contributed by atoms with van der Waals surface area (Å²) in [5.74, 6) is -1.17. The molecule has 0 unspecified atom stereocenters. The Morgan fingerprint density at radius 1 is 1.12 bits per heavy atom. The number of hydrogen-bond donors (Lipinski definition) is 2. The van der Waals surface area contributed by atoms with Gasteiger partial charge < -0.3 is 20.1 Å². The molecular weight excluding hydrogens is 432 g/mol. The second-order valence-electron chi connectivity index (χ2n) is 9.32. The monoisotopic (exact) mass is 460 g/mol. The number of piperidine rings is 1. The molecule has 2 aromatic rings. The zero-order valence-electron chi connectivity index (χ0n) is 19.1. The van der Waals surface area contributed by atoms with Crippen LogP contribution in [0.1, 0.15) is 43.2 Å². The van der Waals surface area contributed by atoms with Gasteiger partial charge in [0.1, 0.15) is 12.1 Å². The molecule has 5 rings (SSSR count). The largest absolute Gasteiger partial charge is 0.479 e. The number of alkyl carbamates (subject to hydrolysis) is 1. The highest BCUT2D eigenvalue weighted by Gasteiger charge is 2.66. The smallest absolute Gasteiger partial charge is 0.407 e. The minimum atomic E-state index is -1.04. The summed E-state index contributed by atoms with van der Waals surface area (Å²) < 4.78 is 5.52. The number of carboxylic acid groups (broad SMARTS) is 1. The summed E-state index contributed by atoms with van der Waals surface area (Å²) >= 11 is 0. The lowest BCUT2D eigenvalue weighted by Gasteiger charge is -2.33. The lowest BCUT2D eigenvalue weighted by molar-refractivity contribution is -0.153. The van der Waals surface area contributed by atoms with Crippen molar-refractivity contribution in [1.29, 1.82) is 0 Å². The fourth-order valence-corrected chi connectivity index (χ4v) is 5.58. The van der Waals surface area contributed by atoms with Crippen LogP contribution in [0.15, 0.2) is 60.2 Å². The first-order valence-electron chi connectivity index (χ1n) is 11.7. The van der Waals surface area contributed by atoms with E-state index in [1.54, 1.807) is 13.0 Å². The van der Waals surface area contributed by atoms with Gasteiger partial charge in [0.2, 0.25) is 5.91 Å². The van der Waals surface area contributed by atoms with E-state index in [4.69, 9.17) is 4.74 Å². The van der Waals surface area contributed by atoms with E-state index in [1.165, 1.54) is 16.0 Å². The molecule has 0 bridgehead atoms. The maximum absolute atomic E-state index is 12.9. The second kappa shape index (κ2) is 8.63. The molecule has 2 aliphatic carbocycles. The van der Waals surface area contributed by atoms with Gasteiger partial charge in [-0.15, -0.1) is 0 Å². The summed E-state index contributed by atoms with van der Waals surface area (Å²) in [5.41, 5.74) is 4.00. The van der Waals surface area contributed by atoms with Crippen molar-refractivity contribution < 1.29 is 24.2 Å². The molecule has 2 fully saturated rings. The van der Waals surface area contributed by atoms with Crippen LogP contribution in [0.2, 0.25) is 0 Å². The Morgan fingerprint density at radius 3 is 2.41 bits per heavy atom. The number of ether oxygens (including phenoxy) is 1. The van der Waals surface area contributed by atoms with Crippen LogP contribution in [-0.4, -0.2) is 53.2 Å². The first-order valence-corrected chi connectivity index (χ1v) is 11.7. The zero-order valence-corrected chi connectivity index (χ0v) is 19.1. The van der Waals surface area contributed by atoms with Gasteiger partial charge in [-0.1, -0.05) is 54.6 Å². The van der Waals surface area contributed by atoms with Crippen LogP contribution in [-0.2, 0) is 14.3 Å². The van der Waals surface area contributed by atoms with Crippen LogP contribution >= 0.6 is 0 Å². The number of aliphatic carboxylic acids is 1. The van der Waals surface area contributed by atoms with Gasteiger partial charge in [-0.3, -0.25) is 4.79 Å². The number of carbonyl (C=O) groups excluding carboxylic acids is 2. The van der Waals surface area contributed by atoms with Gasteiger partial charge in [0.15, 0.2) is 0 Å². The first-order chi connectivity index (χ1) is 16.4. The normalized spacial score (nSPS) is 22.9. The fourth-order valence-electron chi connectivity index (χ4n) is 5.58. The third-order valence-electron chi connectivity index (χ3n) is 7.44. The number of hydrogen-bond acceptors (Lipinski definition) is 4. The number of carboxylic acids is 1. The van der Waals surface area contributed by atoms with Gasteiger partial charge in [-0.25, -0.2) is 9.59 Å². The van der Waals surface area contributed by atoms with Crippen molar-refractivity contribution in [1.82, 2.24) is 10.2 Å². The molecule has 34 heavy (non-hydrogen) atoms. The van der Waals surface area contributed by atoms with E-state index in [0.717, 1.165) is 24.0 Å². The zero-order chi connectivity index (χ0) is 23.9. The minimum Gasteiger partial charge on any atom is -0.479 e. The fraction of sp³-hybridized carbons (Fsp3) is 0.370. The van der Waals surface area contributed by atoms with E-state index in [9.17, 15) is 19.5 Å². The average Bonchev–Trinajstić information content (AvgIpc) is 3.53. The molecule has 176 valence electrons. The number of amides is 2. The molecule has 2 atom stereocenters. The maximum atomic E-state index is 12.9. The predicted molar refractivity (Wildman–Crippen MR) is 126 cm³/mol. The molecule has 2 aromatic carbocycles. The van der Waals surface area contributed by atoms with Crippen molar-refractivity contribution >= 4 is 18.0 Å². The number of fused-ring (bicyclic) bond motifs is 4. The van der Waals surface area contributed by atoms with E-state index in [0.29, 0.717) is 18.5 Å². The van der Waals surface area contributed by atoms with Crippen LogP contribution in [0.5, 0.6) is 0 Å². The molecule has 0 radical (unpaired) electrons. The molecule has 0 aromatic heterocycles. The van der Waals surface area contributed by atoms with Gasteiger partial charge in [-0.05, 0) is 54.4 Å². The van der Waals surface area contributed by atoms with Crippen molar-refractivity contribution in [3.05, 3.63) is 71.3 Å².